The van der Waals surface area contributed by atoms with E-state index in [1.165, 1.54) is 17.5 Å². The Kier molecular flexibility index (Phi) is 4.40. The summed E-state index contributed by atoms with van der Waals surface area (Å²) in [6, 6.07) is 14.4. The number of nitrogens with zero attached hydrogens (tertiary/aromatic N) is 2. The Bertz CT molecular complexity index is 1070. The molecule has 28 heavy (non-hydrogen) atoms. The molecule has 1 aliphatic carbocycles. The first-order chi connectivity index (χ1) is 13.8. The van der Waals surface area contributed by atoms with Gasteiger partial charge in [0.15, 0.2) is 0 Å². The molecule has 1 saturated heterocycles. The van der Waals surface area contributed by atoms with Gasteiger partial charge in [0, 0.05) is 25.0 Å². The van der Waals surface area contributed by atoms with Crippen LogP contribution in [0.15, 0.2) is 53.6 Å². The third kappa shape index (κ3) is 2.81. The molecule has 2 aliphatic rings. The number of rotatable bonds is 4. The minimum atomic E-state index is 0.0545. The number of aryl methyl sites for hydroxylation is 1. The zero-order valence-electron chi connectivity index (χ0n) is 16.1. The third-order valence-electron chi connectivity index (χ3n) is 6.56. The molecule has 5 heteroatoms. The second-order valence-electron chi connectivity index (χ2n) is 7.90. The maximum atomic E-state index is 12.7. The van der Waals surface area contributed by atoms with Gasteiger partial charge in [-0.15, -0.1) is 0 Å². The molecule has 1 unspecified atom stereocenters. The minimum absolute atomic E-state index is 0.0545. The molecule has 0 bridgehead atoms. The molecule has 0 spiro atoms. The number of para-hydroxylation sites is 1. The first kappa shape index (κ1) is 17.4. The van der Waals surface area contributed by atoms with Crippen LogP contribution in [0.2, 0.25) is 0 Å². The highest BCUT2D eigenvalue weighted by Crippen LogP contribution is 2.44. The molecule has 2 heterocycles. The van der Waals surface area contributed by atoms with Crippen LogP contribution in [0.25, 0.3) is 10.9 Å². The quantitative estimate of drug-likeness (QED) is 0.761. The molecular weight excluding hydrogens is 350 g/mol. The number of methoxy groups -OCH3 is 1. The van der Waals surface area contributed by atoms with Gasteiger partial charge in [-0.3, -0.25) is 9.36 Å². The fraction of sp³-hybridized carbons (Fsp3) is 0.391. The summed E-state index contributed by atoms with van der Waals surface area (Å²) in [7, 11) is 1.76. The van der Waals surface area contributed by atoms with Crippen LogP contribution < -0.4 is 15.6 Å². The Morgan fingerprint density at radius 2 is 2.11 bits per heavy atom. The van der Waals surface area contributed by atoms with E-state index in [0.29, 0.717) is 29.8 Å². The monoisotopic (exact) mass is 375 g/mol. The molecule has 5 nitrogen and oxygen atoms in total. The summed E-state index contributed by atoms with van der Waals surface area (Å²) >= 11 is 0. The SMILES string of the molecule is COc1cccc2c1CC[C@H]1C(CCn3cnc4ccccc4c3=O)NC[C@@H]21. The molecule has 144 valence electrons. The average Bonchev–Trinajstić information content (AvgIpc) is 3.16. The van der Waals surface area contributed by atoms with Crippen molar-refractivity contribution in [2.24, 2.45) is 5.92 Å². The molecular formula is C23H25N3O2. The van der Waals surface area contributed by atoms with Crippen molar-refractivity contribution < 1.29 is 4.74 Å². The van der Waals surface area contributed by atoms with Crippen LogP contribution in [0.4, 0.5) is 0 Å². The second-order valence-corrected chi connectivity index (χ2v) is 7.90. The van der Waals surface area contributed by atoms with Crippen LogP contribution in [0.3, 0.4) is 0 Å². The van der Waals surface area contributed by atoms with Gasteiger partial charge >= 0.3 is 0 Å². The highest BCUT2D eigenvalue weighted by atomic mass is 16.5. The van der Waals surface area contributed by atoms with Crippen LogP contribution in [-0.4, -0.2) is 29.2 Å². The average molecular weight is 375 g/mol. The molecule has 1 aliphatic heterocycles. The maximum Gasteiger partial charge on any atom is 0.261 e. The van der Waals surface area contributed by atoms with E-state index in [1.54, 1.807) is 18.0 Å². The normalized spacial score (nSPS) is 23.4. The van der Waals surface area contributed by atoms with Gasteiger partial charge in [0.2, 0.25) is 0 Å². The molecule has 5 rings (SSSR count). The Morgan fingerprint density at radius 3 is 3.00 bits per heavy atom. The Labute approximate surface area is 164 Å². The van der Waals surface area contributed by atoms with Crippen LogP contribution in [0, 0.1) is 5.92 Å². The third-order valence-corrected chi connectivity index (χ3v) is 6.56. The van der Waals surface area contributed by atoms with E-state index in [0.717, 1.165) is 30.7 Å². The van der Waals surface area contributed by atoms with Gasteiger partial charge in [0.25, 0.3) is 5.56 Å². The van der Waals surface area contributed by atoms with Crippen molar-refractivity contribution in [3.63, 3.8) is 0 Å². The zero-order chi connectivity index (χ0) is 19.1. The predicted octanol–water partition coefficient (Wildman–Crippen LogP) is 3.11. The molecule has 1 fully saturated rings. The minimum Gasteiger partial charge on any atom is -0.496 e. The lowest BCUT2D eigenvalue weighted by molar-refractivity contribution is 0.339. The van der Waals surface area contributed by atoms with E-state index in [4.69, 9.17) is 4.74 Å². The van der Waals surface area contributed by atoms with Crippen molar-refractivity contribution in [1.29, 1.82) is 0 Å². The van der Waals surface area contributed by atoms with Crippen LogP contribution in [0.5, 0.6) is 5.75 Å². The largest absolute Gasteiger partial charge is 0.496 e. The van der Waals surface area contributed by atoms with Crippen molar-refractivity contribution in [1.82, 2.24) is 14.9 Å². The Balaban J connectivity index is 1.34. The lowest BCUT2D eigenvalue weighted by Crippen LogP contribution is -2.32. The van der Waals surface area contributed by atoms with Gasteiger partial charge in [-0.2, -0.15) is 0 Å². The van der Waals surface area contributed by atoms with Crippen molar-refractivity contribution in [2.75, 3.05) is 13.7 Å². The topological polar surface area (TPSA) is 56.2 Å². The standard InChI is InChI=1S/C23H25N3O2/c1-28-22-8-4-6-15-17(22)10-9-16-19(15)13-24-21(16)11-12-26-14-25-20-7-3-2-5-18(20)23(26)27/h2-8,14,16,19,21,24H,9-13H2,1H3/t16-,19+,21?/m1/s1. The molecule has 3 aromatic rings. The van der Waals surface area contributed by atoms with E-state index in [9.17, 15) is 4.79 Å². The van der Waals surface area contributed by atoms with Gasteiger partial charge in [-0.05, 0) is 54.5 Å². The number of hydrogen-bond acceptors (Lipinski definition) is 4. The summed E-state index contributed by atoms with van der Waals surface area (Å²) in [6.07, 6.45) is 4.87. The highest BCUT2D eigenvalue weighted by Gasteiger charge is 2.40. The molecule has 3 atom stereocenters. The van der Waals surface area contributed by atoms with Crippen LogP contribution in [-0.2, 0) is 13.0 Å². The maximum absolute atomic E-state index is 12.7. The first-order valence-corrected chi connectivity index (χ1v) is 10.1. The molecule has 1 N–H and O–H groups in total. The fourth-order valence-corrected chi connectivity index (χ4v) is 5.16. The number of fused-ring (bicyclic) bond motifs is 4. The van der Waals surface area contributed by atoms with Crippen molar-refractivity contribution in [3.8, 4) is 5.75 Å². The highest BCUT2D eigenvalue weighted by molar-refractivity contribution is 5.76. The Morgan fingerprint density at radius 1 is 1.21 bits per heavy atom. The van der Waals surface area contributed by atoms with Crippen molar-refractivity contribution in [3.05, 3.63) is 70.3 Å². The predicted molar refractivity (Wildman–Crippen MR) is 110 cm³/mol. The molecule has 0 amide bonds. The van der Waals surface area contributed by atoms with Gasteiger partial charge in [-0.25, -0.2) is 4.98 Å². The van der Waals surface area contributed by atoms with Crippen LogP contribution >= 0.6 is 0 Å². The molecule has 1 aromatic heterocycles. The summed E-state index contributed by atoms with van der Waals surface area (Å²) in [5, 5.41) is 4.42. The number of nitrogens with one attached hydrogen (secondary N) is 1. The summed E-state index contributed by atoms with van der Waals surface area (Å²) in [4.78, 5) is 17.2. The molecule has 0 radical (unpaired) electrons. The van der Waals surface area contributed by atoms with Crippen LogP contribution in [0.1, 0.15) is 29.9 Å². The van der Waals surface area contributed by atoms with Gasteiger partial charge < -0.3 is 10.1 Å². The summed E-state index contributed by atoms with van der Waals surface area (Å²) < 4.78 is 7.34. The van der Waals surface area contributed by atoms with E-state index in [1.807, 2.05) is 24.3 Å². The lowest BCUT2D eigenvalue weighted by Gasteiger charge is -2.31. The summed E-state index contributed by atoms with van der Waals surface area (Å²) in [5.41, 5.74) is 3.64. The van der Waals surface area contributed by atoms with Crippen molar-refractivity contribution >= 4 is 10.9 Å². The van der Waals surface area contributed by atoms with E-state index in [-0.39, 0.29) is 5.56 Å². The fourth-order valence-electron chi connectivity index (χ4n) is 5.16. The first-order valence-electron chi connectivity index (χ1n) is 10.1. The second kappa shape index (κ2) is 7.06. The smallest absolute Gasteiger partial charge is 0.261 e. The summed E-state index contributed by atoms with van der Waals surface area (Å²) in [5.74, 6) is 2.17. The van der Waals surface area contributed by atoms with E-state index < -0.39 is 0 Å². The zero-order valence-corrected chi connectivity index (χ0v) is 16.1. The summed E-state index contributed by atoms with van der Waals surface area (Å²) in [6.45, 7) is 1.70. The molecule has 2 aromatic carbocycles. The van der Waals surface area contributed by atoms with Crippen molar-refractivity contribution in [2.45, 2.75) is 37.8 Å². The number of hydrogen-bond donors (Lipinski definition) is 1. The molecule has 0 saturated carbocycles. The van der Waals surface area contributed by atoms with Gasteiger partial charge in [0.05, 0.1) is 24.3 Å². The van der Waals surface area contributed by atoms with E-state index in [2.05, 4.69) is 28.5 Å². The number of benzene rings is 2. The Hall–Kier alpha value is -2.66. The number of aromatic nitrogens is 2. The van der Waals surface area contributed by atoms with Gasteiger partial charge in [0.1, 0.15) is 5.75 Å². The van der Waals surface area contributed by atoms with E-state index >= 15 is 0 Å². The lowest BCUT2D eigenvalue weighted by atomic mass is 9.74. The number of ether oxygens (including phenoxy) is 1. The van der Waals surface area contributed by atoms with Gasteiger partial charge in [-0.1, -0.05) is 24.3 Å².